The number of para-hydroxylation sites is 1. The fourth-order valence-corrected chi connectivity index (χ4v) is 2.61. The van der Waals surface area contributed by atoms with Crippen LogP contribution in [0.3, 0.4) is 0 Å². The number of hydrogen-bond acceptors (Lipinski definition) is 5. The van der Waals surface area contributed by atoms with Crippen LogP contribution in [0, 0.1) is 0 Å². The van der Waals surface area contributed by atoms with Crippen molar-refractivity contribution in [2.45, 2.75) is 18.5 Å². The van der Waals surface area contributed by atoms with Crippen LogP contribution in [0.4, 0.5) is 32.3 Å². The second kappa shape index (κ2) is 7.43. The van der Waals surface area contributed by atoms with Gasteiger partial charge < -0.3 is 10.5 Å². The minimum Gasteiger partial charge on any atom is -0.459 e. The van der Waals surface area contributed by atoms with Crippen LogP contribution in [-0.4, -0.2) is 25.9 Å². The molecular formula is C16H10ClF6N5O. The zero-order chi connectivity index (χ0) is 21.4. The van der Waals surface area contributed by atoms with Gasteiger partial charge in [-0.25, -0.2) is 9.67 Å². The predicted octanol–water partition coefficient (Wildman–Crippen LogP) is 4.60. The molecule has 0 aliphatic rings. The molecule has 3 aromatic rings. The maximum absolute atomic E-state index is 13.7. The fraction of sp³-hybridized carbons (Fsp3) is 0.188. The molecule has 13 heteroatoms. The fourth-order valence-electron chi connectivity index (χ4n) is 2.43. The molecule has 0 saturated carbocycles. The molecule has 0 aliphatic carbocycles. The van der Waals surface area contributed by atoms with Crippen molar-refractivity contribution in [3.8, 4) is 11.6 Å². The number of aromatic nitrogens is 4. The first-order valence-electron chi connectivity index (χ1n) is 7.71. The van der Waals surface area contributed by atoms with E-state index in [1.807, 2.05) is 0 Å². The number of benzene rings is 1. The maximum atomic E-state index is 13.7. The van der Waals surface area contributed by atoms with Gasteiger partial charge in [0.25, 0.3) is 0 Å². The molecule has 2 heterocycles. The Labute approximate surface area is 163 Å². The lowest BCUT2D eigenvalue weighted by Crippen LogP contribution is -2.28. The van der Waals surface area contributed by atoms with Gasteiger partial charge in [-0.15, -0.1) is 0 Å². The smallest absolute Gasteiger partial charge is 0.435 e. The summed E-state index contributed by atoms with van der Waals surface area (Å²) in [5, 5.41) is 3.07. The topological polar surface area (TPSA) is 78.9 Å². The lowest BCUT2D eigenvalue weighted by Gasteiger charge is -2.23. The van der Waals surface area contributed by atoms with Crippen molar-refractivity contribution >= 4 is 17.5 Å². The minimum atomic E-state index is -4.96. The molecule has 0 aliphatic heterocycles. The first-order chi connectivity index (χ1) is 13.4. The van der Waals surface area contributed by atoms with Crippen LogP contribution in [0.5, 0.6) is 5.88 Å². The number of ether oxygens (including phenoxy) is 1. The monoisotopic (exact) mass is 437 g/mol. The van der Waals surface area contributed by atoms with Crippen molar-refractivity contribution in [2.24, 2.45) is 0 Å². The number of hydrogen-bond donors (Lipinski definition) is 1. The van der Waals surface area contributed by atoms with Crippen molar-refractivity contribution in [1.82, 2.24) is 19.7 Å². The summed E-state index contributed by atoms with van der Waals surface area (Å²) in [6, 6.07) is 6.41. The lowest BCUT2D eigenvalue weighted by molar-refractivity contribution is -0.198. The summed E-state index contributed by atoms with van der Waals surface area (Å²) in [4.78, 5) is 7.06. The van der Waals surface area contributed by atoms with Gasteiger partial charge in [-0.3, -0.25) is 0 Å². The zero-order valence-corrected chi connectivity index (χ0v) is 14.8. The van der Waals surface area contributed by atoms with Crippen LogP contribution in [0.1, 0.15) is 17.4 Å². The summed E-state index contributed by atoms with van der Waals surface area (Å²) in [7, 11) is 0. The number of nitrogens with two attached hydrogens (primary N) is 1. The molecule has 154 valence electrons. The van der Waals surface area contributed by atoms with Gasteiger partial charge in [-0.05, 0) is 12.1 Å². The van der Waals surface area contributed by atoms with Crippen LogP contribution in [-0.2, 0) is 6.18 Å². The van der Waals surface area contributed by atoms with E-state index in [9.17, 15) is 26.3 Å². The van der Waals surface area contributed by atoms with Crippen molar-refractivity contribution in [3.63, 3.8) is 0 Å². The Morgan fingerprint density at radius 1 is 1.03 bits per heavy atom. The Morgan fingerprint density at radius 3 is 2.31 bits per heavy atom. The van der Waals surface area contributed by atoms with Crippen molar-refractivity contribution in [1.29, 1.82) is 0 Å². The van der Waals surface area contributed by atoms with Crippen LogP contribution in [0.2, 0.25) is 5.15 Å². The molecular weight excluding hydrogens is 428 g/mol. The van der Waals surface area contributed by atoms with Gasteiger partial charge in [-0.2, -0.15) is 36.4 Å². The molecule has 0 radical (unpaired) electrons. The first-order valence-corrected chi connectivity index (χ1v) is 8.08. The Kier molecular flexibility index (Phi) is 5.30. The minimum absolute atomic E-state index is 0.247. The summed E-state index contributed by atoms with van der Waals surface area (Å²) in [5.74, 6) is -0.973. The lowest BCUT2D eigenvalue weighted by atomic mass is 10.1. The van der Waals surface area contributed by atoms with Gasteiger partial charge in [-0.1, -0.05) is 29.8 Å². The quantitative estimate of drug-likeness (QED) is 0.477. The van der Waals surface area contributed by atoms with Crippen LogP contribution >= 0.6 is 11.6 Å². The molecule has 0 fully saturated rings. The molecule has 0 spiro atoms. The highest BCUT2D eigenvalue weighted by molar-refractivity contribution is 6.29. The Morgan fingerprint density at radius 2 is 1.72 bits per heavy atom. The third-order valence-corrected chi connectivity index (χ3v) is 3.76. The van der Waals surface area contributed by atoms with Gasteiger partial charge in [0, 0.05) is 17.8 Å². The normalized spacial score (nSPS) is 13.3. The molecule has 1 atom stereocenters. The molecule has 6 nitrogen and oxygen atoms in total. The molecule has 2 aromatic heterocycles. The number of anilines is 1. The molecule has 0 amide bonds. The second-order valence-electron chi connectivity index (χ2n) is 5.63. The Balaban J connectivity index is 2.07. The summed E-state index contributed by atoms with van der Waals surface area (Å²) >= 11 is 5.65. The predicted molar refractivity (Wildman–Crippen MR) is 89.4 cm³/mol. The van der Waals surface area contributed by atoms with Crippen LogP contribution in [0.25, 0.3) is 5.69 Å². The van der Waals surface area contributed by atoms with E-state index in [1.165, 1.54) is 18.2 Å². The molecule has 2 N–H and O–H groups in total. The Bertz CT molecular complexity index is 999. The van der Waals surface area contributed by atoms with Gasteiger partial charge in [0.2, 0.25) is 17.9 Å². The zero-order valence-electron chi connectivity index (χ0n) is 14.0. The van der Waals surface area contributed by atoms with Gasteiger partial charge in [0.05, 0.1) is 5.69 Å². The van der Waals surface area contributed by atoms with Crippen molar-refractivity contribution < 1.29 is 31.1 Å². The number of rotatable bonds is 4. The van der Waals surface area contributed by atoms with E-state index in [4.69, 9.17) is 22.1 Å². The molecule has 3 rings (SSSR count). The third kappa shape index (κ3) is 4.70. The summed E-state index contributed by atoms with van der Waals surface area (Å²) < 4.78 is 85.3. The first kappa shape index (κ1) is 20.7. The van der Waals surface area contributed by atoms with Crippen LogP contribution in [0.15, 0.2) is 42.6 Å². The highest BCUT2D eigenvalue weighted by Gasteiger charge is 2.45. The molecule has 1 unspecified atom stereocenters. The number of nitrogens with zero attached hydrogens (tertiary/aromatic N) is 4. The average molecular weight is 438 g/mol. The SMILES string of the molecule is Nc1nc(Cl)cc(OC(c2ccccc2-n2ccc(C(F)(F)F)n2)C(F)(F)F)n1. The average Bonchev–Trinajstić information content (AvgIpc) is 3.08. The standard InChI is InChI=1S/C16H10ClF6N5O/c17-11-7-12(26-14(24)25-11)29-13(16(21,22)23)8-3-1-2-4-9(8)28-6-5-10(27-28)15(18,19)20/h1-7,13H,(H2,24,25,26). The van der Waals surface area contributed by atoms with Crippen LogP contribution < -0.4 is 10.5 Å². The largest absolute Gasteiger partial charge is 0.459 e. The number of halogens is 7. The molecule has 0 bridgehead atoms. The van der Waals surface area contributed by atoms with Gasteiger partial charge in [0.15, 0.2) is 5.69 Å². The van der Waals surface area contributed by atoms with E-state index in [-0.39, 0.29) is 10.8 Å². The second-order valence-corrected chi connectivity index (χ2v) is 6.02. The molecule has 1 aromatic carbocycles. The summed E-state index contributed by atoms with van der Waals surface area (Å²) in [6.07, 6.45) is -11.4. The van der Waals surface area contributed by atoms with E-state index in [0.717, 1.165) is 18.3 Å². The van der Waals surface area contributed by atoms with Crippen molar-refractivity contribution in [3.05, 3.63) is 59.0 Å². The van der Waals surface area contributed by atoms with Gasteiger partial charge in [0.1, 0.15) is 5.15 Å². The maximum Gasteiger partial charge on any atom is 0.435 e. The van der Waals surface area contributed by atoms with Gasteiger partial charge >= 0.3 is 12.4 Å². The van der Waals surface area contributed by atoms with E-state index in [1.54, 1.807) is 0 Å². The van der Waals surface area contributed by atoms with E-state index in [0.29, 0.717) is 10.7 Å². The summed E-state index contributed by atoms with van der Waals surface area (Å²) in [6.45, 7) is 0. The summed E-state index contributed by atoms with van der Waals surface area (Å²) in [5.41, 5.74) is 3.34. The van der Waals surface area contributed by atoms with Crippen molar-refractivity contribution in [2.75, 3.05) is 5.73 Å². The highest BCUT2D eigenvalue weighted by Crippen LogP contribution is 2.39. The number of alkyl halides is 6. The molecule has 29 heavy (non-hydrogen) atoms. The third-order valence-electron chi connectivity index (χ3n) is 3.57. The molecule has 0 saturated heterocycles. The number of nitrogen functional groups attached to an aromatic ring is 1. The highest BCUT2D eigenvalue weighted by atomic mass is 35.5. The van der Waals surface area contributed by atoms with E-state index in [2.05, 4.69) is 15.1 Å². The van der Waals surface area contributed by atoms with E-state index >= 15 is 0 Å². The van der Waals surface area contributed by atoms with E-state index < -0.39 is 41.5 Å². The Hall–Kier alpha value is -3.02.